The van der Waals surface area contributed by atoms with Gasteiger partial charge in [0.25, 0.3) is 11.8 Å². The normalized spacial score (nSPS) is 20.7. The van der Waals surface area contributed by atoms with Crippen molar-refractivity contribution in [2.24, 2.45) is 10.7 Å². The van der Waals surface area contributed by atoms with Gasteiger partial charge < -0.3 is 15.8 Å². The maximum Gasteiger partial charge on any atom is 0.293 e. The van der Waals surface area contributed by atoms with Crippen LogP contribution in [0.5, 0.6) is 5.75 Å². The van der Waals surface area contributed by atoms with Gasteiger partial charge >= 0.3 is 0 Å². The molecule has 2 heterocycles. The smallest absolute Gasteiger partial charge is 0.293 e. The number of rotatable bonds is 5. The average molecular weight is 411 g/mol. The van der Waals surface area contributed by atoms with Crippen LogP contribution in [0.15, 0.2) is 35.6 Å². The standard InChI is InChI=1S/C18H17F4N5O2/c1-29-11-7-24-15(25-8-11)16(28)26-10-2-3-13(20)12(6-10)17(9-19)18(21,22)5-4-14(23)27-17/h2-3,6-8H,4-5,9H2,1H3,(H2,23,27)(H,26,28)/t17-/m1/s1. The molecule has 2 aromatic rings. The maximum absolute atomic E-state index is 14.6. The summed E-state index contributed by atoms with van der Waals surface area (Å²) in [6.45, 7) is -1.67. The summed E-state index contributed by atoms with van der Waals surface area (Å²) in [6.07, 6.45) is 1.51. The molecule has 1 aromatic heterocycles. The Kier molecular flexibility index (Phi) is 5.40. The number of aromatic nitrogens is 2. The summed E-state index contributed by atoms with van der Waals surface area (Å²) in [6, 6.07) is 2.89. The number of alkyl halides is 3. The third-order valence-corrected chi connectivity index (χ3v) is 4.56. The van der Waals surface area contributed by atoms with Gasteiger partial charge in [0.1, 0.15) is 12.5 Å². The average Bonchev–Trinajstić information content (AvgIpc) is 2.71. The van der Waals surface area contributed by atoms with Crippen molar-refractivity contribution >= 4 is 17.4 Å². The summed E-state index contributed by atoms with van der Waals surface area (Å²) in [7, 11) is 1.40. The highest BCUT2D eigenvalue weighted by atomic mass is 19.3. The Morgan fingerprint density at radius 3 is 2.62 bits per heavy atom. The number of halogens is 4. The number of hydrogen-bond acceptors (Lipinski definition) is 6. The SMILES string of the molecule is COc1cnc(C(=O)Nc2ccc(F)c([C@@]3(CF)N=C(N)CCC3(F)F)c2)nc1. The molecule has 1 aliphatic heterocycles. The number of aliphatic imine (C=N–C) groups is 1. The molecule has 0 radical (unpaired) electrons. The number of ether oxygens (including phenoxy) is 1. The molecule has 0 spiro atoms. The van der Waals surface area contributed by atoms with Crippen molar-refractivity contribution in [3.8, 4) is 5.75 Å². The molecule has 1 atom stereocenters. The van der Waals surface area contributed by atoms with Gasteiger partial charge in [-0.1, -0.05) is 0 Å². The number of benzene rings is 1. The fraction of sp³-hybridized carbons (Fsp3) is 0.333. The van der Waals surface area contributed by atoms with Crippen molar-refractivity contribution in [1.82, 2.24) is 9.97 Å². The van der Waals surface area contributed by atoms with E-state index in [4.69, 9.17) is 10.5 Å². The molecule has 0 aliphatic carbocycles. The summed E-state index contributed by atoms with van der Waals surface area (Å²) in [4.78, 5) is 23.5. The number of amides is 1. The first-order valence-corrected chi connectivity index (χ1v) is 8.48. The van der Waals surface area contributed by atoms with Gasteiger partial charge in [-0.05, 0) is 18.2 Å². The molecular formula is C18H17F4N5O2. The van der Waals surface area contributed by atoms with Crippen LogP contribution in [0.2, 0.25) is 0 Å². The number of carbonyl (C=O) groups excluding carboxylic acids is 1. The predicted octanol–water partition coefficient (Wildman–Crippen LogP) is 2.83. The van der Waals surface area contributed by atoms with E-state index in [1.165, 1.54) is 19.5 Å². The summed E-state index contributed by atoms with van der Waals surface area (Å²) >= 11 is 0. The first-order chi connectivity index (χ1) is 13.7. The lowest BCUT2D eigenvalue weighted by molar-refractivity contribution is -0.0959. The fourth-order valence-electron chi connectivity index (χ4n) is 2.98. The monoisotopic (exact) mass is 411 g/mol. The number of amidine groups is 1. The Bertz CT molecular complexity index is 952. The Morgan fingerprint density at radius 2 is 2.00 bits per heavy atom. The molecule has 29 heavy (non-hydrogen) atoms. The van der Waals surface area contributed by atoms with E-state index in [1.54, 1.807) is 0 Å². The van der Waals surface area contributed by atoms with Crippen LogP contribution in [0.4, 0.5) is 23.2 Å². The Labute approximate surface area is 163 Å². The third-order valence-electron chi connectivity index (χ3n) is 4.56. The summed E-state index contributed by atoms with van der Waals surface area (Å²) in [5, 5.41) is 2.36. The lowest BCUT2D eigenvalue weighted by Crippen LogP contribution is -2.51. The zero-order chi connectivity index (χ0) is 21.2. The first-order valence-electron chi connectivity index (χ1n) is 8.48. The summed E-state index contributed by atoms with van der Waals surface area (Å²) in [5.41, 5.74) is 1.97. The molecule has 7 nitrogen and oxygen atoms in total. The van der Waals surface area contributed by atoms with Crippen LogP contribution in [-0.2, 0) is 5.54 Å². The molecule has 0 fully saturated rings. The molecule has 11 heteroatoms. The minimum Gasteiger partial charge on any atom is -0.494 e. The second kappa shape index (κ2) is 7.64. The van der Waals surface area contributed by atoms with Crippen LogP contribution < -0.4 is 15.8 Å². The molecule has 154 valence electrons. The van der Waals surface area contributed by atoms with Gasteiger partial charge in [-0.25, -0.2) is 27.5 Å². The number of nitrogens with one attached hydrogen (secondary N) is 1. The summed E-state index contributed by atoms with van der Waals surface area (Å²) < 4.78 is 62.4. The summed E-state index contributed by atoms with van der Waals surface area (Å²) in [5.74, 6) is -5.66. The van der Waals surface area contributed by atoms with E-state index in [0.717, 1.165) is 18.2 Å². The Morgan fingerprint density at radius 1 is 1.31 bits per heavy atom. The Hall–Kier alpha value is -3.24. The molecule has 1 amide bonds. The van der Waals surface area contributed by atoms with E-state index in [1.807, 2.05) is 0 Å². The van der Waals surface area contributed by atoms with E-state index >= 15 is 0 Å². The molecule has 0 unspecified atom stereocenters. The molecule has 0 bridgehead atoms. The van der Waals surface area contributed by atoms with Crippen LogP contribution >= 0.6 is 0 Å². The van der Waals surface area contributed by atoms with E-state index in [2.05, 4.69) is 20.3 Å². The highest BCUT2D eigenvalue weighted by molar-refractivity contribution is 6.01. The van der Waals surface area contributed by atoms with E-state index in [9.17, 15) is 22.4 Å². The topological polar surface area (TPSA) is 102 Å². The molecule has 3 N–H and O–H groups in total. The molecule has 0 saturated heterocycles. The minimum atomic E-state index is -3.67. The van der Waals surface area contributed by atoms with Gasteiger partial charge in [-0.15, -0.1) is 0 Å². The van der Waals surface area contributed by atoms with Crippen LogP contribution in [-0.4, -0.2) is 41.4 Å². The van der Waals surface area contributed by atoms with Gasteiger partial charge in [-0.2, -0.15) is 0 Å². The quantitative estimate of drug-likeness (QED) is 0.737. The fourth-order valence-corrected chi connectivity index (χ4v) is 2.98. The number of nitrogens with two attached hydrogens (primary N) is 1. The minimum absolute atomic E-state index is 0.0613. The molecule has 1 aliphatic rings. The molecule has 1 aromatic carbocycles. The molecular weight excluding hydrogens is 394 g/mol. The number of carbonyl (C=O) groups is 1. The van der Waals surface area contributed by atoms with Crippen LogP contribution in [0, 0.1) is 5.82 Å². The lowest BCUT2D eigenvalue weighted by atomic mass is 9.80. The number of hydrogen-bond donors (Lipinski definition) is 2. The molecule has 3 rings (SSSR count). The highest BCUT2D eigenvalue weighted by Gasteiger charge is 2.58. The second-order valence-electron chi connectivity index (χ2n) is 6.40. The predicted molar refractivity (Wildman–Crippen MR) is 96.4 cm³/mol. The van der Waals surface area contributed by atoms with E-state index in [0.29, 0.717) is 5.75 Å². The first kappa shape index (κ1) is 20.5. The highest BCUT2D eigenvalue weighted by Crippen LogP contribution is 2.48. The van der Waals surface area contributed by atoms with Crippen LogP contribution in [0.3, 0.4) is 0 Å². The number of methoxy groups -OCH3 is 1. The molecule has 0 saturated carbocycles. The van der Waals surface area contributed by atoms with Crippen molar-refractivity contribution in [2.45, 2.75) is 24.3 Å². The van der Waals surface area contributed by atoms with Crippen molar-refractivity contribution in [3.63, 3.8) is 0 Å². The van der Waals surface area contributed by atoms with E-state index < -0.39 is 41.8 Å². The number of anilines is 1. The Balaban J connectivity index is 1.97. The zero-order valence-corrected chi connectivity index (χ0v) is 15.3. The van der Waals surface area contributed by atoms with E-state index in [-0.39, 0.29) is 23.8 Å². The maximum atomic E-state index is 14.6. The van der Waals surface area contributed by atoms with Crippen LogP contribution in [0.25, 0.3) is 0 Å². The van der Waals surface area contributed by atoms with Crippen molar-refractivity contribution in [2.75, 3.05) is 19.1 Å². The largest absolute Gasteiger partial charge is 0.494 e. The van der Waals surface area contributed by atoms with Gasteiger partial charge in [0.2, 0.25) is 5.82 Å². The van der Waals surface area contributed by atoms with Crippen molar-refractivity contribution in [3.05, 3.63) is 47.8 Å². The lowest BCUT2D eigenvalue weighted by Gasteiger charge is -2.39. The van der Waals surface area contributed by atoms with Crippen molar-refractivity contribution in [1.29, 1.82) is 0 Å². The second-order valence-corrected chi connectivity index (χ2v) is 6.40. The third kappa shape index (κ3) is 3.71. The van der Waals surface area contributed by atoms with Crippen molar-refractivity contribution < 1.29 is 27.1 Å². The zero-order valence-electron chi connectivity index (χ0n) is 15.3. The van der Waals surface area contributed by atoms with Gasteiger partial charge in [0.05, 0.1) is 25.3 Å². The van der Waals surface area contributed by atoms with Gasteiger partial charge in [0, 0.05) is 24.1 Å². The van der Waals surface area contributed by atoms with Gasteiger partial charge in [0.15, 0.2) is 11.3 Å². The van der Waals surface area contributed by atoms with Crippen LogP contribution in [0.1, 0.15) is 29.0 Å². The van der Waals surface area contributed by atoms with Gasteiger partial charge in [-0.3, -0.25) is 9.79 Å². The number of nitrogens with zero attached hydrogens (tertiary/aromatic N) is 3.